The fourth-order valence-corrected chi connectivity index (χ4v) is 3.43. The van der Waals surface area contributed by atoms with Crippen molar-refractivity contribution in [3.05, 3.63) is 28.5 Å². The molecule has 0 amide bonds. The number of aromatic nitrogens is 2. The van der Waals surface area contributed by atoms with E-state index in [1.165, 1.54) is 49.5 Å². The quantitative estimate of drug-likeness (QED) is 0.357. The number of hydrogen-bond acceptors (Lipinski definition) is 5. The van der Waals surface area contributed by atoms with E-state index < -0.39 is 19.6 Å². The van der Waals surface area contributed by atoms with Gasteiger partial charge >= 0.3 is 13.3 Å². The van der Waals surface area contributed by atoms with E-state index in [0.29, 0.717) is 5.71 Å². The minimum absolute atomic E-state index is 0.0150. The van der Waals surface area contributed by atoms with Crippen molar-refractivity contribution in [2.45, 2.75) is 71.3 Å². The molecule has 2 aromatic heterocycles. The topological polar surface area (TPSA) is 115 Å². The Hall–Kier alpha value is -1.47. The summed E-state index contributed by atoms with van der Waals surface area (Å²) in [5.74, 6) is 0.823. The molecule has 158 valence electrons. The van der Waals surface area contributed by atoms with Crippen LogP contribution in [0, 0.1) is 0 Å². The first-order chi connectivity index (χ1) is 13.4. The lowest BCUT2D eigenvalue weighted by Gasteiger charge is -2.07. The van der Waals surface area contributed by atoms with Crippen molar-refractivity contribution < 1.29 is 23.5 Å². The molecule has 0 saturated heterocycles. The normalized spacial score (nSPS) is 12.1. The number of furan rings is 1. The van der Waals surface area contributed by atoms with Gasteiger partial charge in [0.2, 0.25) is 5.71 Å². The molecule has 8 nitrogen and oxygen atoms in total. The first-order valence-electron chi connectivity index (χ1n) is 10.0. The fraction of sp³-hybridized carbons (Fsp3) is 0.684. The van der Waals surface area contributed by atoms with Crippen LogP contribution in [0.4, 0.5) is 0 Å². The highest BCUT2D eigenvalue weighted by Gasteiger charge is 2.13. The first-order valence-corrected chi connectivity index (χ1v) is 11.8. The molecule has 9 heteroatoms. The standard InChI is InChI=1S/C19H31N2O6P/c1-2-3-4-5-6-7-8-9-10-17-13-16-14-21(19(22)20-18(16)27-17)11-12-26-15-28(23,24)25/h13-14H,2-12,15H2,1H3,(H2,23,24,25). The van der Waals surface area contributed by atoms with Crippen molar-refractivity contribution in [2.75, 3.05) is 13.0 Å². The largest absolute Gasteiger partial charge is 0.443 e. The van der Waals surface area contributed by atoms with Gasteiger partial charge in [-0.05, 0) is 12.5 Å². The molecule has 0 fully saturated rings. The SMILES string of the molecule is CCCCCCCCCCc1cc2cn(CCOCP(=O)(O)O)c(=O)nc2o1. The molecule has 0 radical (unpaired) electrons. The average molecular weight is 414 g/mol. The molecule has 28 heavy (non-hydrogen) atoms. The van der Waals surface area contributed by atoms with E-state index in [9.17, 15) is 9.36 Å². The van der Waals surface area contributed by atoms with Crippen LogP contribution in [0.15, 0.2) is 21.5 Å². The number of fused-ring (bicyclic) bond motifs is 1. The van der Waals surface area contributed by atoms with Gasteiger partial charge in [0.15, 0.2) is 0 Å². The van der Waals surface area contributed by atoms with Crippen LogP contribution in [0.3, 0.4) is 0 Å². The molecule has 2 aromatic rings. The number of hydrogen-bond donors (Lipinski definition) is 2. The Morgan fingerprint density at radius 2 is 1.82 bits per heavy atom. The molecule has 2 rings (SSSR count). The Morgan fingerprint density at radius 1 is 1.14 bits per heavy atom. The lowest BCUT2D eigenvalue weighted by atomic mass is 10.1. The molecule has 0 saturated carbocycles. The zero-order valence-electron chi connectivity index (χ0n) is 16.5. The second kappa shape index (κ2) is 11.5. The van der Waals surface area contributed by atoms with Crippen molar-refractivity contribution in [3.63, 3.8) is 0 Å². The predicted octanol–water partition coefficient (Wildman–Crippen LogP) is 3.82. The third-order valence-corrected chi connectivity index (χ3v) is 5.06. The maximum atomic E-state index is 12.0. The molecule has 0 spiro atoms. The number of rotatable bonds is 14. The minimum Gasteiger partial charge on any atom is -0.443 e. The van der Waals surface area contributed by atoms with Crippen LogP contribution in [0.25, 0.3) is 11.1 Å². The molecule has 0 atom stereocenters. The van der Waals surface area contributed by atoms with Crippen LogP contribution in [-0.2, 0) is 22.3 Å². The van der Waals surface area contributed by atoms with Gasteiger partial charge in [0.05, 0.1) is 18.5 Å². The highest BCUT2D eigenvalue weighted by atomic mass is 31.2. The summed E-state index contributed by atoms with van der Waals surface area (Å²) in [6, 6.07) is 1.90. The maximum Gasteiger partial charge on any atom is 0.350 e. The summed E-state index contributed by atoms with van der Waals surface area (Å²) in [4.78, 5) is 33.5. The molecule has 0 aromatic carbocycles. The third-order valence-electron chi connectivity index (χ3n) is 4.54. The number of ether oxygens (including phenoxy) is 1. The highest BCUT2D eigenvalue weighted by Crippen LogP contribution is 2.33. The molecule has 0 aliphatic heterocycles. The van der Waals surface area contributed by atoms with E-state index in [1.807, 2.05) is 6.07 Å². The molecule has 2 heterocycles. The van der Waals surface area contributed by atoms with Gasteiger partial charge in [0.1, 0.15) is 12.1 Å². The van der Waals surface area contributed by atoms with Gasteiger partial charge < -0.3 is 18.9 Å². The number of nitrogens with zero attached hydrogens (tertiary/aromatic N) is 2. The zero-order chi connectivity index (χ0) is 20.4. The van der Waals surface area contributed by atoms with Crippen molar-refractivity contribution >= 4 is 18.7 Å². The fourth-order valence-electron chi connectivity index (χ4n) is 3.06. The number of aryl methyl sites for hydroxylation is 1. The summed E-state index contributed by atoms with van der Waals surface area (Å²) in [6.45, 7) is 2.40. The summed E-state index contributed by atoms with van der Waals surface area (Å²) in [5.41, 5.74) is -0.146. The molecule has 2 N–H and O–H groups in total. The van der Waals surface area contributed by atoms with E-state index in [2.05, 4.69) is 11.9 Å². The van der Waals surface area contributed by atoms with Crippen molar-refractivity contribution in [3.8, 4) is 0 Å². The molecule has 0 aliphatic carbocycles. The Balaban J connectivity index is 1.79. The lowest BCUT2D eigenvalue weighted by molar-refractivity contribution is 0.148. The van der Waals surface area contributed by atoms with Crippen molar-refractivity contribution in [1.82, 2.24) is 9.55 Å². The molecule has 0 bridgehead atoms. The summed E-state index contributed by atoms with van der Waals surface area (Å²) in [6.07, 6.45) is 11.8. The first kappa shape index (κ1) is 22.8. The maximum absolute atomic E-state index is 12.0. The Morgan fingerprint density at radius 3 is 2.50 bits per heavy atom. The monoisotopic (exact) mass is 414 g/mol. The molecular formula is C19H31N2O6P. The summed E-state index contributed by atoms with van der Waals surface area (Å²) in [5, 5.41) is 0.740. The Bertz CT molecular complexity index is 825. The van der Waals surface area contributed by atoms with Crippen LogP contribution < -0.4 is 5.69 Å². The summed E-state index contributed by atoms with van der Waals surface area (Å²) in [7, 11) is -4.20. The summed E-state index contributed by atoms with van der Waals surface area (Å²) >= 11 is 0. The molecule has 0 aliphatic rings. The molecular weight excluding hydrogens is 383 g/mol. The van der Waals surface area contributed by atoms with Crippen LogP contribution in [0.5, 0.6) is 0 Å². The van der Waals surface area contributed by atoms with Crippen LogP contribution in [-0.4, -0.2) is 32.3 Å². The van der Waals surface area contributed by atoms with Crippen molar-refractivity contribution in [1.29, 1.82) is 0 Å². The second-order valence-corrected chi connectivity index (χ2v) is 8.70. The Kier molecular flexibility index (Phi) is 9.38. The zero-order valence-corrected chi connectivity index (χ0v) is 17.4. The second-order valence-electron chi connectivity index (χ2n) is 7.12. The van der Waals surface area contributed by atoms with Crippen LogP contribution >= 0.6 is 7.60 Å². The van der Waals surface area contributed by atoms with E-state index in [4.69, 9.17) is 18.9 Å². The van der Waals surface area contributed by atoms with E-state index in [-0.39, 0.29) is 13.2 Å². The van der Waals surface area contributed by atoms with E-state index >= 15 is 0 Å². The molecule has 0 unspecified atom stereocenters. The lowest BCUT2D eigenvalue weighted by Crippen LogP contribution is -2.24. The predicted molar refractivity (Wildman–Crippen MR) is 107 cm³/mol. The van der Waals surface area contributed by atoms with Crippen molar-refractivity contribution in [2.24, 2.45) is 0 Å². The Labute approximate surface area is 165 Å². The van der Waals surface area contributed by atoms with Crippen LogP contribution in [0.2, 0.25) is 0 Å². The highest BCUT2D eigenvalue weighted by molar-refractivity contribution is 7.51. The van der Waals surface area contributed by atoms with E-state index in [0.717, 1.165) is 24.0 Å². The average Bonchev–Trinajstić information content (AvgIpc) is 3.01. The smallest absolute Gasteiger partial charge is 0.350 e. The van der Waals surface area contributed by atoms with Gasteiger partial charge in [-0.1, -0.05) is 51.9 Å². The van der Waals surface area contributed by atoms with Gasteiger partial charge in [-0.3, -0.25) is 9.13 Å². The van der Waals surface area contributed by atoms with Gasteiger partial charge in [0, 0.05) is 12.6 Å². The minimum atomic E-state index is -4.20. The number of unbranched alkanes of at least 4 members (excludes halogenated alkanes) is 7. The van der Waals surface area contributed by atoms with Crippen LogP contribution in [0.1, 0.15) is 64.1 Å². The van der Waals surface area contributed by atoms with Gasteiger partial charge in [-0.2, -0.15) is 4.98 Å². The van der Waals surface area contributed by atoms with Gasteiger partial charge in [-0.15, -0.1) is 0 Å². The van der Waals surface area contributed by atoms with Gasteiger partial charge in [-0.25, -0.2) is 4.79 Å². The van der Waals surface area contributed by atoms with E-state index in [1.54, 1.807) is 6.20 Å². The van der Waals surface area contributed by atoms with Gasteiger partial charge in [0.25, 0.3) is 0 Å². The summed E-state index contributed by atoms with van der Waals surface area (Å²) < 4.78 is 22.7. The third kappa shape index (κ3) is 8.27.